The summed E-state index contributed by atoms with van der Waals surface area (Å²) in [6.07, 6.45) is 1.46. The van der Waals surface area contributed by atoms with Gasteiger partial charge < -0.3 is 20.5 Å². The molecule has 0 bridgehead atoms. The molecule has 2 aromatic rings. The zero-order valence-corrected chi connectivity index (χ0v) is 15.1. The average Bonchev–Trinajstić information content (AvgIpc) is 3.07. The number of anilines is 1. The van der Waals surface area contributed by atoms with Gasteiger partial charge >= 0.3 is 12.1 Å². The summed E-state index contributed by atoms with van der Waals surface area (Å²) >= 11 is 0. The Morgan fingerprint density at radius 2 is 2.04 bits per heavy atom. The Bertz CT molecular complexity index is 871. The van der Waals surface area contributed by atoms with Crippen molar-refractivity contribution in [2.75, 3.05) is 12.3 Å². The van der Waals surface area contributed by atoms with Crippen molar-refractivity contribution in [3.8, 4) is 0 Å². The van der Waals surface area contributed by atoms with Crippen LogP contribution < -0.4 is 5.73 Å². The lowest BCUT2D eigenvalue weighted by Gasteiger charge is -2.26. The van der Waals surface area contributed by atoms with Crippen LogP contribution in [0.25, 0.3) is 11.0 Å². The molecule has 0 spiro atoms. The van der Waals surface area contributed by atoms with E-state index in [2.05, 4.69) is 15.1 Å². The van der Waals surface area contributed by atoms with Gasteiger partial charge in [-0.25, -0.2) is 24.2 Å². The number of carboxylic acid groups (broad SMARTS) is 1. The van der Waals surface area contributed by atoms with E-state index in [1.165, 1.54) is 11.0 Å². The summed E-state index contributed by atoms with van der Waals surface area (Å²) in [6.45, 7) is 7.68. The molecule has 10 heteroatoms. The molecule has 26 heavy (non-hydrogen) atoms. The number of fused-ring (bicyclic) bond motifs is 1. The fourth-order valence-corrected chi connectivity index (χ4v) is 3.15. The van der Waals surface area contributed by atoms with Gasteiger partial charge in [-0.2, -0.15) is 5.10 Å². The average molecular weight is 362 g/mol. The number of ether oxygens (including phenoxy) is 1. The van der Waals surface area contributed by atoms with Crippen molar-refractivity contribution in [3.63, 3.8) is 0 Å². The first kappa shape index (κ1) is 17.9. The van der Waals surface area contributed by atoms with E-state index in [0.29, 0.717) is 18.6 Å². The maximum atomic E-state index is 12.4. The lowest BCUT2D eigenvalue weighted by atomic mass is 10.2. The Hall–Kier alpha value is -2.91. The number of rotatable bonds is 2. The van der Waals surface area contributed by atoms with E-state index in [1.54, 1.807) is 4.90 Å². The number of nitrogens with zero attached hydrogens (tertiary/aromatic N) is 5. The van der Waals surface area contributed by atoms with Crippen molar-refractivity contribution in [1.29, 1.82) is 0 Å². The molecule has 0 saturated carbocycles. The first-order chi connectivity index (χ1) is 12.1. The number of hydrogen-bond donors (Lipinski definition) is 2. The predicted molar refractivity (Wildman–Crippen MR) is 92.8 cm³/mol. The lowest BCUT2D eigenvalue weighted by Crippen LogP contribution is -2.38. The highest BCUT2D eigenvalue weighted by atomic mass is 16.6. The van der Waals surface area contributed by atoms with Crippen molar-refractivity contribution in [2.24, 2.45) is 0 Å². The van der Waals surface area contributed by atoms with E-state index in [0.717, 1.165) is 0 Å². The summed E-state index contributed by atoms with van der Waals surface area (Å²) in [7, 11) is 0. The Balaban J connectivity index is 1.95. The van der Waals surface area contributed by atoms with Crippen LogP contribution in [0.5, 0.6) is 0 Å². The summed E-state index contributed by atoms with van der Waals surface area (Å²) in [4.78, 5) is 33.6. The second kappa shape index (κ2) is 6.11. The molecule has 3 heterocycles. The summed E-state index contributed by atoms with van der Waals surface area (Å²) in [5.41, 5.74) is 5.39. The normalized spacial score (nSPS) is 20.5. The Labute approximate surface area is 149 Å². The predicted octanol–water partition coefficient (Wildman–Crippen LogP) is 1.68. The van der Waals surface area contributed by atoms with Gasteiger partial charge in [0.2, 0.25) is 0 Å². The molecular formula is C16H22N6O4. The van der Waals surface area contributed by atoms with Gasteiger partial charge in [0.05, 0.1) is 11.4 Å². The van der Waals surface area contributed by atoms with Crippen LogP contribution in [0.2, 0.25) is 0 Å². The van der Waals surface area contributed by atoms with Gasteiger partial charge in [-0.15, -0.1) is 0 Å². The van der Waals surface area contributed by atoms with Crippen LogP contribution >= 0.6 is 0 Å². The molecule has 140 valence electrons. The van der Waals surface area contributed by atoms with Crippen LogP contribution in [-0.4, -0.2) is 60.0 Å². The summed E-state index contributed by atoms with van der Waals surface area (Å²) < 4.78 is 6.97. The Kier molecular flexibility index (Phi) is 4.21. The highest BCUT2D eigenvalue weighted by Gasteiger charge is 2.38. The van der Waals surface area contributed by atoms with E-state index < -0.39 is 17.7 Å². The summed E-state index contributed by atoms with van der Waals surface area (Å²) in [6, 6.07) is -0.316. The van der Waals surface area contributed by atoms with Crippen LogP contribution in [0, 0.1) is 0 Å². The Morgan fingerprint density at radius 1 is 1.35 bits per heavy atom. The van der Waals surface area contributed by atoms with E-state index in [-0.39, 0.29) is 29.0 Å². The minimum Gasteiger partial charge on any atom is -0.476 e. The number of aromatic carboxylic acids is 1. The Morgan fingerprint density at radius 3 is 2.65 bits per heavy atom. The van der Waals surface area contributed by atoms with Crippen molar-refractivity contribution in [1.82, 2.24) is 24.6 Å². The van der Waals surface area contributed by atoms with E-state index in [1.807, 2.05) is 27.7 Å². The maximum absolute atomic E-state index is 12.4. The van der Waals surface area contributed by atoms with Crippen molar-refractivity contribution >= 4 is 28.9 Å². The third-order valence-electron chi connectivity index (χ3n) is 4.25. The highest BCUT2D eigenvalue weighted by Crippen LogP contribution is 2.32. The van der Waals surface area contributed by atoms with E-state index in [4.69, 9.17) is 10.5 Å². The topological polar surface area (TPSA) is 136 Å². The van der Waals surface area contributed by atoms with Crippen molar-refractivity contribution in [2.45, 2.75) is 51.8 Å². The third kappa shape index (κ3) is 3.14. The number of hydrogen-bond acceptors (Lipinski definition) is 7. The minimum atomic E-state index is -1.20. The van der Waals surface area contributed by atoms with Gasteiger partial charge in [-0.05, 0) is 34.1 Å². The van der Waals surface area contributed by atoms with Gasteiger partial charge in [0.25, 0.3) is 0 Å². The van der Waals surface area contributed by atoms with Crippen LogP contribution in [0.4, 0.5) is 10.6 Å². The summed E-state index contributed by atoms with van der Waals surface area (Å²) in [5, 5.41) is 13.8. The first-order valence-electron chi connectivity index (χ1n) is 8.30. The molecule has 1 amide bonds. The number of likely N-dealkylation sites (tertiary alicyclic amines) is 1. The zero-order valence-electron chi connectivity index (χ0n) is 15.1. The summed E-state index contributed by atoms with van der Waals surface area (Å²) in [5.74, 6) is -1.14. The molecular weight excluding hydrogens is 340 g/mol. The number of carbonyl (C=O) groups is 2. The minimum absolute atomic E-state index is 0.0636. The molecule has 2 aromatic heterocycles. The van der Waals surface area contributed by atoms with Crippen LogP contribution in [-0.2, 0) is 4.74 Å². The van der Waals surface area contributed by atoms with Crippen LogP contribution in [0.15, 0.2) is 6.33 Å². The third-order valence-corrected chi connectivity index (χ3v) is 4.25. The van der Waals surface area contributed by atoms with Gasteiger partial charge in [-0.1, -0.05) is 0 Å². The molecule has 0 unspecified atom stereocenters. The fourth-order valence-electron chi connectivity index (χ4n) is 3.15. The second-order valence-corrected chi connectivity index (χ2v) is 7.43. The van der Waals surface area contributed by atoms with Gasteiger partial charge in [0, 0.05) is 12.6 Å². The number of carboxylic acids is 1. The molecule has 1 aliphatic heterocycles. The zero-order chi connectivity index (χ0) is 19.2. The first-order valence-corrected chi connectivity index (χ1v) is 8.30. The molecule has 0 radical (unpaired) electrons. The molecule has 3 N–H and O–H groups in total. The second-order valence-electron chi connectivity index (χ2n) is 7.43. The molecule has 2 atom stereocenters. The lowest BCUT2D eigenvalue weighted by molar-refractivity contribution is 0.0233. The van der Waals surface area contributed by atoms with Crippen molar-refractivity contribution in [3.05, 3.63) is 12.0 Å². The molecule has 1 saturated heterocycles. The van der Waals surface area contributed by atoms with Gasteiger partial charge in [0.15, 0.2) is 11.3 Å². The van der Waals surface area contributed by atoms with Crippen LogP contribution in [0.1, 0.15) is 50.6 Å². The molecule has 0 aliphatic carbocycles. The number of carbonyl (C=O) groups excluding carboxylic acids is 1. The molecule has 10 nitrogen and oxygen atoms in total. The monoisotopic (exact) mass is 362 g/mol. The largest absolute Gasteiger partial charge is 0.476 e. The maximum Gasteiger partial charge on any atom is 0.410 e. The number of aromatic nitrogens is 4. The molecule has 1 fully saturated rings. The molecule has 1 aliphatic rings. The van der Waals surface area contributed by atoms with Crippen molar-refractivity contribution < 1.29 is 19.4 Å². The molecule has 0 aromatic carbocycles. The number of amides is 1. The van der Waals surface area contributed by atoms with E-state index in [9.17, 15) is 14.7 Å². The highest BCUT2D eigenvalue weighted by molar-refractivity contribution is 6.04. The van der Waals surface area contributed by atoms with E-state index >= 15 is 0 Å². The SMILES string of the molecule is C[C@H]1C[C@@H](n2nc(C(=O)O)c3c(N)ncnc32)CN1C(=O)OC(C)(C)C. The number of nitrogen functional groups attached to an aromatic ring is 1. The number of nitrogens with two attached hydrogens (primary N) is 1. The van der Waals surface area contributed by atoms with Gasteiger partial charge in [0.1, 0.15) is 17.7 Å². The standard InChI is InChI=1S/C16H22N6O4/c1-8-5-9(6-21(8)15(25)26-16(2,3)4)22-13-10(11(20-22)14(23)24)12(17)18-7-19-13/h7-9H,5-6H2,1-4H3,(H,23,24)(H2,17,18,19)/t8-,9+/m0/s1. The quantitative estimate of drug-likeness (QED) is 0.823. The fraction of sp³-hybridized carbons (Fsp3) is 0.562. The molecule has 3 rings (SSSR count). The van der Waals surface area contributed by atoms with Gasteiger partial charge in [-0.3, -0.25) is 0 Å². The van der Waals surface area contributed by atoms with Crippen LogP contribution in [0.3, 0.4) is 0 Å². The smallest absolute Gasteiger partial charge is 0.410 e.